The van der Waals surface area contributed by atoms with Gasteiger partial charge in [-0.1, -0.05) is 18.6 Å². The molecule has 0 spiro atoms. The van der Waals surface area contributed by atoms with Gasteiger partial charge >= 0.3 is 12.1 Å². The summed E-state index contributed by atoms with van der Waals surface area (Å²) in [5.74, 6) is -1.76. The van der Waals surface area contributed by atoms with Crippen LogP contribution in [0.1, 0.15) is 39.9 Å². The molecule has 2 aromatic carbocycles. The Kier molecular flexibility index (Phi) is 26.8. The Balaban J connectivity index is 0.00000800. The van der Waals surface area contributed by atoms with E-state index in [9.17, 15) is 34.5 Å². The monoisotopic (exact) mass is 1090 g/mol. The standard InChI is InChI=1S/C31H39N2O14.Ta.Tb.Y/c1-41-8-9-43-11-10-42-7-6-32-29(37)24-13-21(3-5-26(24)46-28-15-23(36)14-27(47-28)30(38)39)17-45-31(40)33-25-4-2-20(16-34)12-22(25)18-44-19-35;;;/h2-5,12-13,23,27-28,34,36H,6-11,14-18H2,1H3,(H,32,37)(H,33,40)(H,38,39);;;/q-1;;;. The van der Waals surface area contributed by atoms with E-state index in [0.717, 1.165) is 0 Å². The van der Waals surface area contributed by atoms with Crippen molar-refractivity contribution >= 4 is 30.1 Å². The fourth-order valence-electron chi connectivity index (χ4n) is 4.37. The van der Waals surface area contributed by atoms with Gasteiger partial charge in [-0.05, 0) is 35.4 Å². The molecule has 50 heavy (non-hydrogen) atoms. The van der Waals surface area contributed by atoms with Crippen LogP contribution in [0.4, 0.5) is 10.5 Å². The number of carbonyl (C=O) groups excluding carboxylic acids is 3. The summed E-state index contributed by atoms with van der Waals surface area (Å²) in [6.45, 7) is 2.48. The van der Waals surface area contributed by atoms with E-state index >= 15 is 0 Å². The van der Waals surface area contributed by atoms with Gasteiger partial charge in [0, 0.05) is 126 Å². The molecule has 2 amide bonds. The SMILES string of the molecule is COCCOCCOCCNC(=O)c1cc(COC(=O)Nc2ccc(CO)cc2CO[C-]=O)ccc1OC1CC(O)CC(C(=O)O)O1.[Ta].[Tb].[Y]. The van der Waals surface area contributed by atoms with Gasteiger partial charge in [0.2, 0.25) is 6.29 Å². The van der Waals surface area contributed by atoms with E-state index in [1.165, 1.54) is 30.7 Å². The van der Waals surface area contributed by atoms with Crippen LogP contribution in [0.5, 0.6) is 5.75 Å². The van der Waals surface area contributed by atoms with Gasteiger partial charge in [0.25, 0.3) is 5.91 Å². The number of ether oxygens (including phenoxy) is 7. The largest absolute Gasteiger partial charge is 0.650 e. The molecule has 3 atom stereocenters. The number of hydrogen-bond donors (Lipinski definition) is 5. The molecule has 1 saturated heterocycles. The van der Waals surface area contributed by atoms with Crippen molar-refractivity contribution in [1.29, 1.82) is 0 Å². The third kappa shape index (κ3) is 17.6. The normalized spacial score (nSPS) is 16.3. The zero-order chi connectivity index (χ0) is 34.0. The van der Waals surface area contributed by atoms with Crippen LogP contribution in [-0.2, 0) is 113 Å². The van der Waals surface area contributed by atoms with E-state index in [1.807, 2.05) is 0 Å². The Morgan fingerprint density at radius 1 is 0.980 bits per heavy atom. The first kappa shape index (κ1) is 48.8. The van der Waals surface area contributed by atoms with Crippen LogP contribution in [-0.4, -0.2) is 105 Å². The maximum atomic E-state index is 13.2. The zero-order valence-electron chi connectivity index (χ0n) is 27.2. The molecule has 19 heteroatoms. The van der Waals surface area contributed by atoms with E-state index in [-0.39, 0.29) is 157 Å². The minimum Gasteiger partial charge on any atom is -0.650 e. The summed E-state index contributed by atoms with van der Waals surface area (Å²) in [4.78, 5) is 47.8. The van der Waals surface area contributed by atoms with Gasteiger partial charge in [-0.25, -0.2) is 9.59 Å². The smallest absolute Gasteiger partial charge is 0.411 e. The third-order valence-electron chi connectivity index (χ3n) is 6.67. The van der Waals surface area contributed by atoms with Crippen molar-refractivity contribution in [2.75, 3.05) is 52.0 Å². The molecule has 1 fully saturated rings. The van der Waals surface area contributed by atoms with Crippen molar-refractivity contribution < 1.29 is 161 Å². The summed E-state index contributed by atoms with van der Waals surface area (Å²) in [6.07, 6.45) is -4.39. The van der Waals surface area contributed by atoms with Crippen molar-refractivity contribution in [2.24, 2.45) is 0 Å². The number of aliphatic hydroxyl groups is 2. The van der Waals surface area contributed by atoms with E-state index in [1.54, 1.807) is 19.2 Å². The first-order valence-electron chi connectivity index (χ1n) is 14.7. The van der Waals surface area contributed by atoms with Gasteiger partial charge in [0.1, 0.15) is 12.4 Å². The van der Waals surface area contributed by atoms with Crippen molar-refractivity contribution in [3.8, 4) is 5.75 Å². The van der Waals surface area contributed by atoms with Gasteiger partial charge in [-0.2, -0.15) is 0 Å². The number of aliphatic carboxylic acids is 1. The molecule has 0 aliphatic carbocycles. The van der Waals surface area contributed by atoms with E-state index in [4.69, 9.17) is 28.4 Å². The van der Waals surface area contributed by atoms with Gasteiger partial charge in [-0.15, -0.1) is 0 Å². The van der Waals surface area contributed by atoms with Crippen LogP contribution in [0.15, 0.2) is 36.4 Å². The molecule has 1 heterocycles. The molecule has 275 valence electrons. The number of amides is 2. The number of carboxylic acids is 1. The first-order valence-corrected chi connectivity index (χ1v) is 14.7. The number of aliphatic hydroxyl groups excluding tert-OH is 2. The van der Waals surface area contributed by atoms with Gasteiger partial charge in [0.05, 0.1) is 63.6 Å². The summed E-state index contributed by atoms with van der Waals surface area (Å²) >= 11 is 0. The number of methoxy groups -OCH3 is 1. The van der Waals surface area contributed by atoms with Crippen LogP contribution < -0.4 is 15.4 Å². The molecule has 3 unspecified atom stereocenters. The van der Waals surface area contributed by atoms with Crippen molar-refractivity contribution in [3.05, 3.63) is 58.7 Å². The van der Waals surface area contributed by atoms with Crippen molar-refractivity contribution in [3.63, 3.8) is 0 Å². The summed E-state index contributed by atoms with van der Waals surface area (Å²) in [6, 6.07) is 9.05. The fourth-order valence-corrected chi connectivity index (χ4v) is 4.37. The third-order valence-corrected chi connectivity index (χ3v) is 6.67. The second kappa shape index (κ2) is 27.4. The van der Waals surface area contributed by atoms with Gasteiger partial charge in [0.15, 0.2) is 6.10 Å². The zero-order valence-corrected chi connectivity index (χ0v) is 35.4. The number of hydrogen-bond acceptors (Lipinski definition) is 13. The van der Waals surface area contributed by atoms with Gasteiger partial charge < -0.3 is 58.6 Å². The number of anilines is 1. The summed E-state index contributed by atoms with van der Waals surface area (Å²) < 4.78 is 37.0. The predicted molar refractivity (Wildman–Crippen MR) is 161 cm³/mol. The molecule has 0 saturated carbocycles. The van der Waals surface area contributed by atoms with E-state index in [2.05, 4.69) is 15.4 Å². The number of rotatable bonds is 20. The quantitative estimate of drug-likeness (QED) is 0.0933. The Morgan fingerprint density at radius 2 is 1.68 bits per heavy atom. The molecule has 2 aromatic rings. The molecule has 3 rings (SSSR count). The first-order chi connectivity index (χ1) is 22.7. The molecule has 3 radical (unpaired) electrons. The Bertz CT molecular complexity index is 1340. The van der Waals surface area contributed by atoms with Crippen LogP contribution in [0.25, 0.3) is 0 Å². The molecular weight excluding hydrogens is 1050 g/mol. The topological polar surface area (TPSA) is 218 Å². The molecule has 1 aliphatic rings. The van der Waals surface area contributed by atoms with E-state index < -0.39 is 36.5 Å². The Hall–Kier alpha value is -1.19. The summed E-state index contributed by atoms with van der Waals surface area (Å²) in [5, 5.41) is 34.1. The number of nitrogens with one attached hydrogen (secondary N) is 2. The van der Waals surface area contributed by atoms with Crippen molar-refractivity contribution in [1.82, 2.24) is 5.32 Å². The molecule has 0 aromatic heterocycles. The second-order valence-electron chi connectivity index (χ2n) is 10.2. The Labute approximate surface area is 360 Å². The average molecular weight is 1090 g/mol. The van der Waals surface area contributed by atoms with Gasteiger partial charge in [-0.3, -0.25) is 10.1 Å². The van der Waals surface area contributed by atoms with Crippen LogP contribution >= 0.6 is 0 Å². The number of carboxylic acid groups (broad SMARTS) is 1. The average Bonchev–Trinajstić information content (AvgIpc) is 3.06. The fraction of sp³-hybridized carbons (Fsp3) is 0.484. The van der Waals surface area contributed by atoms with E-state index in [0.29, 0.717) is 43.1 Å². The number of carbonyl (C=O) groups is 3. The minimum absolute atomic E-state index is 0. The molecule has 16 nitrogen and oxygen atoms in total. The molecular formula is C31H39N2O14TaTbY-. The molecule has 1 aliphatic heterocycles. The summed E-state index contributed by atoms with van der Waals surface area (Å²) in [7, 11) is 1.57. The van der Waals surface area contributed by atoms with Crippen LogP contribution in [0.3, 0.4) is 0 Å². The second-order valence-corrected chi connectivity index (χ2v) is 10.2. The van der Waals surface area contributed by atoms with Crippen LogP contribution in [0.2, 0.25) is 0 Å². The van der Waals surface area contributed by atoms with Crippen molar-refractivity contribution in [2.45, 2.75) is 51.2 Å². The number of benzene rings is 2. The Morgan fingerprint density at radius 3 is 2.36 bits per heavy atom. The molecule has 0 bridgehead atoms. The maximum Gasteiger partial charge on any atom is 0.411 e. The molecule has 5 N–H and O–H groups in total. The predicted octanol–water partition coefficient (Wildman–Crippen LogP) is 1.25. The minimum atomic E-state index is -1.29. The maximum absolute atomic E-state index is 13.2. The summed E-state index contributed by atoms with van der Waals surface area (Å²) in [5.41, 5.74) is 1.66. The van der Waals surface area contributed by atoms with Crippen LogP contribution in [0, 0.1) is 38.6 Å².